The molecule has 3 rings (SSSR count). The molecule has 0 radical (unpaired) electrons. The van der Waals surface area contributed by atoms with Crippen molar-refractivity contribution in [3.63, 3.8) is 0 Å². The molecule has 2 aromatic heterocycles. The largest absolute Gasteiger partial charge is 0.352 e. The van der Waals surface area contributed by atoms with Gasteiger partial charge >= 0.3 is 0 Å². The van der Waals surface area contributed by atoms with E-state index in [9.17, 15) is 0 Å². The van der Waals surface area contributed by atoms with E-state index in [0.29, 0.717) is 0 Å². The van der Waals surface area contributed by atoms with Gasteiger partial charge in [-0.1, -0.05) is 0 Å². The fraction of sp³-hybridized carbons (Fsp3) is 0.400. The monoisotopic (exact) mass is 203 g/mol. The van der Waals surface area contributed by atoms with Crippen LogP contribution in [0.4, 0.5) is 5.82 Å². The van der Waals surface area contributed by atoms with Crippen LogP contribution in [-0.2, 0) is 0 Å². The van der Waals surface area contributed by atoms with Crippen LogP contribution in [0.5, 0.6) is 0 Å². The van der Waals surface area contributed by atoms with Gasteiger partial charge in [0.2, 0.25) is 0 Å². The molecule has 5 heteroatoms. The van der Waals surface area contributed by atoms with Crippen molar-refractivity contribution >= 4 is 11.3 Å². The summed E-state index contributed by atoms with van der Waals surface area (Å²) in [5.41, 5.74) is 7.83. The number of rotatable bonds is 1. The first-order valence-electron chi connectivity index (χ1n) is 5.05. The van der Waals surface area contributed by atoms with Crippen molar-refractivity contribution in [3.05, 3.63) is 24.2 Å². The minimum Gasteiger partial charge on any atom is -0.352 e. The molecule has 1 fully saturated rings. The van der Waals surface area contributed by atoms with Crippen LogP contribution in [0.2, 0.25) is 0 Å². The minimum atomic E-state index is 0.288. The summed E-state index contributed by atoms with van der Waals surface area (Å²) in [5, 5.41) is 4.35. The lowest BCUT2D eigenvalue weighted by atomic mass is 10.1. The summed E-state index contributed by atoms with van der Waals surface area (Å²) in [6.07, 6.45) is 3.64. The van der Waals surface area contributed by atoms with Gasteiger partial charge in [-0.25, -0.2) is 9.50 Å². The van der Waals surface area contributed by atoms with Crippen LogP contribution in [0.3, 0.4) is 0 Å². The van der Waals surface area contributed by atoms with Crippen LogP contribution in [0.25, 0.3) is 5.52 Å². The van der Waals surface area contributed by atoms with Gasteiger partial charge in [-0.2, -0.15) is 5.10 Å². The lowest BCUT2D eigenvalue weighted by Crippen LogP contribution is -2.56. The van der Waals surface area contributed by atoms with Gasteiger partial charge in [-0.05, 0) is 13.0 Å². The maximum Gasteiger partial charge on any atom is 0.154 e. The fourth-order valence-electron chi connectivity index (χ4n) is 1.96. The second-order valence-corrected chi connectivity index (χ2v) is 4.03. The van der Waals surface area contributed by atoms with Crippen LogP contribution in [0, 0.1) is 6.92 Å². The summed E-state index contributed by atoms with van der Waals surface area (Å²) in [7, 11) is 0. The van der Waals surface area contributed by atoms with Crippen molar-refractivity contribution < 1.29 is 0 Å². The molecule has 1 saturated heterocycles. The Labute approximate surface area is 87.5 Å². The number of nitrogens with zero attached hydrogens (tertiary/aromatic N) is 4. The summed E-state index contributed by atoms with van der Waals surface area (Å²) in [5.74, 6) is 0.986. The van der Waals surface area contributed by atoms with Gasteiger partial charge in [0.1, 0.15) is 5.52 Å². The molecule has 0 atom stereocenters. The molecule has 0 aromatic carbocycles. The maximum atomic E-state index is 5.76. The first kappa shape index (κ1) is 8.67. The van der Waals surface area contributed by atoms with Crippen LogP contribution in [0.15, 0.2) is 18.5 Å². The molecule has 0 bridgehead atoms. The standard InChI is InChI=1S/C10H13N5/c1-7-4-9-10(14-5-8(11)6-14)12-2-3-15(9)13-7/h2-4,8H,5-6,11H2,1H3. The van der Waals surface area contributed by atoms with Crippen molar-refractivity contribution in [3.8, 4) is 0 Å². The molecule has 0 saturated carbocycles. The topological polar surface area (TPSA) is 59.5 Å². The Bertz CT molecular complexity index is 497. The van der Waals surface area contributed by atoms with E-state index in [1.165, 1.54) is 0 Å². The van der Waals surface area contributed by atoms with Gasteiger partial charge in [0.05, 0.1) is 5.69 Å². The summed E-state index contributed by atoms with van der Waals surface area (Å²) in [6, 6.07) is 2.34. The number of aromatic nitrogens is 3. The number of anilines is 1. The van der Waals surface area contributed by atoms with Gasteiger partial charge in [0, 0.05) is 31.5 Å². The molecular formula is C10H13N5. The zero-order valence-corrected chi connectivity index (χ0v) is 8.59. The lowest BCUT2D eigenvalue weighted by Gasteiger charge is -2.37. The van der Waals surface area contributed by atoms with E-state index in [1.54, 1.807) is 6.20 Å². The van der Waals surface area contributed by atoms with E-state index >= 15 is 0 Å². The Morgan fingerprint density at radius 3 is 3.00 bits per heavy atom. The Morgan fingerprint density at radius 1 is 1.47 bits per heavy atom. The normalized spacial score (nSPS) is 17.1. The van der Waals surface area contributed by atoms with E-state index in [2.05, 4.69) is 15.0 Å². The van der Waals surface area contributed by atoms with E-state index in [4.69, 9.17) is 5.73 Å². The highest BCUT2D eigenvalue weighted by atomic mass is 15.3. The van der Waals surface area contributed by atoms with Crippen molar-refractivity contribution in [2.75, 3.05) is 18.0 Å². The maximum absolute atomic E-state index is 5.76. The van der Waals surface area contributed by atoms with Gasteiger partial charge in [-0.3, -0.25) is 0 Å². The Hall–Kier alpha value is -1.62. The Morgan fingerprint density at radius 2 is 2.27 bits per heavy atom. The van der Waals surface area contributed by atoms with Gasteiger partial charge < -0.3 is 10.6 Å². The molecule has 3 heterocycles. The van der Waals surface area contributed by atoms with E-state index in [0.717, 1.165) is 30.1 Å². The van der Waals surface area contributed by atoms with E-state index in [-0.39, 0.29) is 6.04 Å². The SMILES string of the molecule is Cc1cc2c(N3CC(N)C3)nccn2n1. The molecule has 2 N–H and O–H groups in total. The van der Waals surface area contributed by atoms with Crippen molar-refractivity contribution in [1.29, 1.82) is 0 Å². The summed E-state index contributed by atoms with van der Waals surface area (Å²) < 4.78 is 1.86. The molecular weight excluding hydrogens is 190 g/mol. The third-order valence-corrected chi connectivity index (χ3v) is 2.70. The van der Waals surface area contributed by atoms with Crippen LogP contribution >= 0.6 is 0 Å². The predicted octanol–water partition coefficient (Wildman–Crippen LogP) is 0.185. The molecule has 78 valence electrons. The summed E-state index contributed by atoms with van der Waals surface area (Å²) in [4.78, 5) is 6.57. The fourth-order valence-corrected chi connectivity index (χ4v) is 1.96. The lowest BCUT2D eigenvalue weighted by molar-refractivity contribution is 0.515. The van der Waals surface area contributed by atoms with Gasteiger partial charge in [0.15, 0.2) is 5.82 Å². The molecule has 0 amide bonds. The number of hydrogen-bond acceptors (Lipinski definition) is 4. The molecule has 0 aliphatic carbocycles. The first-order valence-corrected chi connectivity index (χ1v) is 5.05. The highest BCUT2D eigenvalue weighted by Crippen LogP contribution is 2.23. The molecule has 15 heavy (non-hydrogen) atoms. The number of fused-ring (bicyclic) bond motifs is 1. The quantitative estimate of drug-likeness (QED) is 0.718. The Balaban J connectivity index is 2.09. The second-order valence-electron chi connectivity index (χ2n) is 4.03. The molecule has 5 nitrogen and oxygen atoms in total. The zero-order chi connectivity index (χ0) is 10.4. The zero-order valence-electron chi connectivity index (χ0n) is 8.59. The molecule has 1 aliphatic rings. The Kier molecular flexibility index (Phi) is 1.70. The van der Waals surface area contributed by atoms with E-state index in [1.807, 2.05) is 23.7 Å². The molecule has 0 unspecified atom stereocenters. The summed E-state index contributed by atoms with van der Waals surface area (Å²) >= 11 is 0. The van der Waals surface area contributed by atoms with Crippen molar-refractivity contribution in [2.24, 2.45) is 5.73 Å². The van der Waals surface area contributed by atoms with Crippen molar-refractivity contribution in [2.45, 2.75) is 13.0 Å². The highest BCUT2D eigenvalue weighted by molar-refractivity contribution is 5.70. The minimum absolute atomic E-state index is 0.288. The number of aryl methyl sites for hydroxylation is 1. The predicted molar refractivity (Wildman–Crippen MR) is 57.9 cm³/mol. The van der Waals surface area contributed by atoms with Gasteiger partial charge in [0.25, 0.3) is 0 Å². The average molecular weight is 203 g/mol. The highest BCUT2D eigenvalue weighted by Gasteiger charge is 2.25. The third kappa shape index (κ3) is 1.27. The van der Waals surface area contributed by atoms with Crippen molar-refractivity contribution in [1.82, 2.24) is 14.6 Å². The molecule has 1 aliphatic heterocycles. The first-order chi connectivity index (χ1) is 7.24. The average Bonchev–Trinajstić information content (AvgIpc) is 2.53. The summed E-state index contributed by atoms with van der Waals surface area (Å²) in [6.45, 7) is 3.76. The molecule has 0 spiro atoms. The van der Waals surface area contributed by atoms with Crippen LogP contribution < -0.4 is 10.6 Å². The smallest absolute Gasteiger partial charge is 0.154 e. The van der Waals surface area contributed by atoms with Crippen LogP contribution in [0.1, 0.15) is 5.69 Å². The van der Waals surface area contributed by atoms with Crippen LogP contribution in [-0.4, -0.2) is 33.7 Å². The molecule has 2 aromatic rings. The number of hydrogen-bond donors (Lipinski definition) is 1. The third-order valence-electron chi connectivity index (χ3n) is 2.70. The second kappa shape index (κ2) is 2.93. The number of nitrogens with two attached hydrogens (primary N) is 1. The van der Waals surface area contributed by atoms with Gasteiger partial charge in [-0.15, -0.1) is 0 Å². The van der Waals surface area contributed by atoms with E-state index < -0.39 is 0 Å².